The molecule has 0 aromatic carbocycles. The topological polar surface area (TPSA) is 85.2 Å². The van der Waals surface area contributed by atoms with Gasteiger partial charge in [-0.15, -0.1) is 0 Å². The average molecular weight is 246 g/mol. The molecule has 0 saturated carbocycles. The van der Waals surface area contributed by atoms with Gasteiger partial charge in [0.15, 0.2) is 0 Å². The van der Waals surface area contributed by atoms with E-state index >= 15 is 0 Å². The molecule has 1 aromatic rings. The summed E-state index contributed by atoms with van der Waals surface area (Å²) in [6.07, 6.45) is 1.76. The zero-order valence-electron chi connectivity index (χ0n) is 9.94. The first-order valence-electron chi connectivity index (χ1n) is 5.76. The monoisotopic (exact) mass is 246 g/mol. The van der Waals surface area contributed by atoms with Gasteiger partial charge in [0, 0.05) is 37.3 Å². The second-order valence-electron chi connectivity index (χ2n) is 3.94. The molecule has 0 bridgehead atoms. The minimum Gasteiger partial charge on any atom is -0.353 e. The van der Waals surface area contributed by atoms with E-state index in [1.165, 1.54) is 0 Å². The molecule has 0 spiro atoms. The Balaban J connectivity index is 1.88. The van der Waals surface area contributed by atoms with Crippen molar-refractivity contribution in [2.45, 2.75) is 0 Å². The summed E-state index contributed by atoms with van der Waals surface area (Å²) in [5.74, 6) is 0.813. The highest BCUT2D eigenvalue weighted by Crippen LogP contribution is 2.12. The van der Waals surface area contributed by atoms with E-state index in [1.807, 2.05) is 18.2 Å². The van der Waals surface area contributed by atoms with Crippen LogP contribution in [-0.4, -0.2) is 48.5 Å². The van der Waals surface area contributed by atoms with E-state index in [-0.39, 0.29) is 12.5 Å². The van der Waals surface area contributed by atoms with Crippen LogP contribution in [0.4, 0.5) is 5.82 Å². The van der Waals surface area contributed by atoms with Crippen molar-refractivity contribution in [1.82, 2.24) is 9.88 Å². The molecule has 18 heavy (non-hydrogen) atoms. The molecule has 0 atom stereocenters. The van der Waals surface area contributed by atoms with Crippen molar-refractivity contribution in [2.24, 2.45) is 5.11 Å². The third kappa shape index (κ3) is 2.89. The number of carbonyl (C=O) groups excluding carboxylic acids is 1. The zero-order valence-corrected chi connectivity index (χ0v) is 9.94. The lowest BCUT2D eigenvalue weighted by molar-refractivity contribution is -0.129. The molecule has 94 valence electrons. The number of pyridine rings is 1. The van der Waals surface area contributed by atoms with Gasteiger partial charge in [-0.2, -0.15) is 0 Å². The van der Waals surface area contributed by atoms with E-state index in [1.54, 1.807) is 11.1 Å². The van der Waals surface area contributed by atoms with Crippen LogP contribution in [0.2, 0.25) is 0 Å². The first-order valence-corrected chi connectivity index (χ1v) is 5.76. The maximum atomic E-state index is 11.6. The smallest absolute Gasteiger partial charge is 0.228 e. The molecule has 1 fully saturated rings. The van der Waals surface area contributed by atoms with E-state index < -0.39 is 0 Å². The fraction of sp³-hybridized carbons (Fsp3) is 0.455. The zero-order chi connectivity index (χ0) is 12.8. The Labute approximate surface area is 105 Å². The first kappa shape index (κ1) is 12.2. The summed E-state index contributed by atoms with van der Waals surface area (Å²) in [6, 6.07) is 5.78. The summed E-state index contributed by atoms with van der Waals surface area (Å²) in [6.45, 7) is 2.67. The van der Waals surface area contributed by atoms with Gasteiger partial charge in [-0.05, 0) is 17.7 Å². The molecule has 2 heterocycles. The van der Waals surface area contributed by atoms with Crippen LogP contribution in [-0.2, 0) is 4.79 Å². The third-order valence-corrected chi connectivity index (χ3v) is 2.87. The number of nitrogens with zero attached hydrogens (tertiary/aromatic N) is 6. The van der Waals surface area contributed by atoms with Gasteiger partial charge in [-0.3, -0.25) is 4.79 Å². The van der Waals surface area contributed by atoms with Crippen molar-refractivity contribution in [3.8, 4) is 0 Å². The Kier molecular flexibility index (Phi) is 3.98. The van der Waals surface area contributed by atoms with Crippen LogP contribution in [0.1, 0.15) is 0 Å². The van der Waals surface area contributed by atoms with Gasteiger partial charge in [0.05, 0.1) is 0 Å². The van der Waals surface area contributed by atoms with Crippen LogP contribution >= 0.6 is 0 Å². The molecular formula is C11H14N6O. The molecule has 0 N–H and O–H groups in total. The lowest BCUT2D eigenvalue weighted by atomic mass is 10.3. The molecule has 1 aliphatic heterocycles. The van der Waals surface area contributed by atoms with Gasteiger partial charge < -0.3 is 9.80 Å². The molecule has 0 unspecified atom stereocenters. The highest BCUT2D eigenvalue weighted by molar-refractivity contribution is 5.78. The molecule has 0 aliphatic carbocycles. The number of hydrogen-bond donors (Lipinski definition) is 0. The van der Waals surface area contributed by atoms with E-state index in [0.29, 0.717) is 13.1 Å². The van der Waals surface area contributed by atoms with E-state index in [0.717, 1.165) is 18.9 Å². The minimum atomic E-state index is -0.117. The maximum Gasteiger partial charge on any atom is 0.228 e. The predicted molar refractivity (Wildman–Crippen MR) is 67.0 cm³/mol. The summed E-state index contributed by atoms with van der Waals surface area (Å²) in [5, 5.41) is 3.29. The molecule has 1 amide bonds. The normalized spacial score (nSPS) is 15.1. The Morgan fingerprint density at radius 1 is 1.39 bits per heavy atom. The van der Waals surface area contributed by atoms with Crippen LogP contribution in [0.25, 0.3) is 10.4 Å². The van der Waals surface area contributed by atoms with Gasteiger partial charge in [-0.25, -0.2) is 4.98 Å². The summed E-state index contributed by atoms with van der Waals surface area (Å²) in [5.41, 5.74) is 8.18. The highest BCUT2D eigenvalue weighted by Gasteiger charge is 2.20. The molecule has 1 saturated heterocycles. The number of rotatable bonds is 3. The van der Waals surface area contributed by atoms with Crippen molar-refractivity contribution in [1.29, 1.82) is 0 Å². The van der Waals surface area contributed by atoms with Crippen LogP contribution in [0.15, 0.2) is 29.5 Å². The van der Waals surface area contributed by atoms with Crippen LogP contribution in [0, 0.1) is 0 Å². The quantitative estimate of drug-likeness (QED) is 0.453. The van der Waals surface area contributed by atoms with Gasteiger partial charge in [0.25, 0.3) is 0 Å². The van der Waals surface area contributed by atoms with Crippen molar-refractivity contribution in [3.05, 3.63) is 34.8 Å². The summed E-state index contributed by atoms with van der Waals surface area (Å²) in [7, 11) is 0. The first-order chi connectivity index (χ1) is 8.81. The van der Waals surface area contributed by atoms with Gasteiger partial charge in [0.1, 0.15) is 12.4 Å². The summed E-state index contributed by atoms with van der Waals surface area (Å²) >= 11 is 0. The Morgan fingerprint density at radius 3 is 2.78 bits per heavy atom. The minimum absolute atomic E-state index is 0.0971. The fourth-order valence-corrected chi connectivity index (χ4v) is 1.92. The van der Waals surface area contributed by atoms with Crippen LogP contribution < -0.4 is 4.90 Å². The number of hydrogen-bond acceptors (Lipinski definition) is 4. The van der Waals surface area contributed by atoms with E-state index in [2.05, 4.69) is 19.9 Å². The van der Waals surface area contributed by atoms with Gasteiger partial charge in [0.2, 0.25) is 5.91 Å². The number of azide groups is 1. The van der Waals surface area contributed by atoms with Crippen molar-refractivity contribution < 1.29 is 4.79 Å². The van der Waals surface area contributed by atoms with Crippen molar-refractivity contribution in [2.75, 3.05) is 37.6 Å². The number of amides is 1. The highest BCUT2D eigenvalue weighted by atomic mass is 16.2. The number of aromatic nitrogens is 1. The van der Waals surface area contributed by atoms with Crippen LogP contribution in [0.3, 0.4) is 0 Å². The predicted octanol–water partition coefficient (Wildman–Crippen LogP) is 1.04. The second kappa shape index (κ2) is 5.88. The molecular weight excluding hydrogens is 232 g/mol. The molecule has 1 aliphatic rings. The lowest BCUT2D eigenvalue weighted by Crippen LogP contribution is -2.49. The number of anilines is 1. The molecule has 7 nitrogen and oxygen atoms in total. The Hall–Kier alpha value is -2.27. The van der Waals surface area contributed by atoms with E-state index in [9.17, 15) is 4.79 Å². The average Bonchev–Trinajstić information content (AvgIpc) is 2.46. The Bertz CT molecular complexity index is 448. The fourth-order valence-electron chi connectivity index (χ4n) is 1.92. The lowest BCUT2D eigenvalue weighted by Gasteiger charge is -2.35. The summed E-state index contributed by atoms with van der Waals surface area (Å²) < 4.78 is 0. The van der Waals surface area contributed by atoms with E-state index in [4.69, 9.17) is 5.53 Å². The van der Waals surface area contributed by atoms with Gasteiger partial charge >= 0.3 is 0 Å². The summed E-state index contributed by atoms with van der Waals surface area (Å²) in [4.78, 5) is 22.3. The van der Waals surface area contributed by atoms with Gasteiger partial charge in [-0.1, -0.05) is 11.2 Å². The van der Waals surface area contributed by atoms with Crippen molar-refractivity contribution in [3.63, 3.8) is 0 Å². The maximum absolute atomic E-state index is 11.6. The Morgan fingerprint density at radius 2 is 2.17 bits per heavy atom. The molecule has 0 radical (unpaired) electrons. The largest absolute Gasteiger partial charge is 0.353 e. The van der Waals surface area contributed by atoms with Crippen LogP contribution in [0.5, 0.6) is 0 Å². The molecule has 2 rings (SSSR count). The second-order valence-corrected chi connectivity index (χ2v) is 3.94. The third-order valence-electron chi connectivity index (χ3n) is 2.87. The molecule has 7 heteroatoms. The number of carbonyl (C=O) groups is 1. The SMILES string of the molecule is [N-]=[N+]=NCC(=O)N1CCN(c2ccccn2)CC1. The van der Waals surface area contributed by atoms with Crippen molar-refractivity contribution >= 4 is 11.7 Å². The molecule has 1 aromatic heterocycles. The number of piperazine rings is 1. The standard InChI is InChI=1S/C11H14N6O/c12-15-14-9-11(18)17-7-5-16(6-8-17)10-3-1-2-4-13-10/h1-4H,5-9H2.